The molecule has 0 amide bonds. The van der Waals surface area contributed by atoms with E-state index in [2.05, 4.69) is 10.3 Å². The third kappa shape index (κ3) is 2.98. The number of halogens is 3. The summed E-state index contributed by atoms with van der Waals surface area (Å²) < 4.78 is 39.7. The number of nitrogens with one attached hydrogen (secondary N) is 1. The minimum atomic E-state index is -0.959. The van der Waals surface area contributed by atoms with Crippen molar-refractivity contribution in [2.24, 2.45) is 4.99 Å². The summed E-state index contributed by atoms with van der Waals surface area (Å²) >= 11 is 1.39. The fourth-order valence-electron chi connectivity index (χ4n) is 1.59. The Labute approximate surface area is 108 Å². The van der Waals surface area contributed by atoms with Crippen LogP contribution in [0.5, 0.6) is 0 Å². The molecule has 1 N–H and O–H groups in total. The zero-order chi connectivity index (χ0) is 13.3. The van der Waals surface area contributed by atoms with E-state index < -0.39 is 17.5 Å². The van der Waals surface area contributed by atoms with Gasteiger partial charge in [0, 0.05) is 17.9 Å². The Morgan fingerprint density at radius 2 is 1.83 bits per heavy atom. The van der Waals surface area contributed by atoms with Gasteiger partial charge in [0.05, 0.1) is 5.54 Å². The van der Waals surface area contributed by atoms with Gasteiger partial charge in [-0.25, -0.2) is 13.2 Å². The van der Waals surface area contributed by atoms with Crippen molar-refractivity contribution in [1.82, 2.24) is 0 Å². The number of benzene rings is 1. The Hall–Kier alpha value is -1.17. The molecule has 0 aromatic heterocycles. The van der Waals surface area contributed by atoms with Gasteiger partial charge in [-0.1, -0.05) is 11.8 Å². The Morgan fingerprint density at radius 3 is 2.39 bits per heavy atom. The van der Waals surface area contributed by atoms with Crippen LogP contribution in [0.1, 0.15) is 20.3 Å². The molecule has 1 aromatic rings. The van der Waals surface area contributed by atoms with Crippen molar-refractivity contribution in [3.8, 4) is 0 Å². The molecule has 0 bridgehead atoms. The van der Waals surface area contributed by atoms with Crippen LogP contribution < -0.4 is 5.32 Å². The van der Waals surface area contributed by atoms with E-state index in [1.54, 1.807) is 0 Å². The predicted molar refractivity (Wildman–Crippen MR) is 68.5 cm³/mol. The normalized spacial score (nSPS) is 18.4. The van der Waals surface area contributed by atoms with E-state index in [9.17, 15) is 13.2 Å². The molecule has 0 fully saturated rings. The van der Waals surface area contributed by atoms with Gasteiger partial charge in [0.15, 0.2) is 16.8 Å². The molecule has 0 atom stereocenters. The summed E-state index contributed by atoms with van der Waals surface area (Å²) in [5, 5.41) is 3.05. The molecule has 0 spiro atoms. The van der Waals surface area contributed by atoms with E-state index in [0.29, 0.717) is 17.3 Å². The molecule has 0 saturated heterocycles. The zero-order valence-electron chi connectivity index (χ0n) is 10.1. The van der Waals surface area contributed by atoms with Gasteiger partial charge in [0.25, 0.3) is 0 Å². The molecule has 1 heterocycles. The van der Waals surface area contributed by atoms with Gasteiger partial charge in [-0.05, 0) is 20.3 Å². The average molecular weight is 274 g/mol. The van der Waals surface area contributed by atoms with Crippen LogP contribution >= 0.6 is 11.8 Å². The topological polar surface area (TPSA) is 24.4 Å². The van der Waals surface area contributed by atoms with Gasteiger partial charge in [0.2, 0.25) is 0 Å². The smallest absolute Gasteiger partial charge is 0.161 e. The standard InChI is InChI=1S/C12H13F3N2S/c1-12(2)3-4-18-11(17-12)16-10-8(14)5-7(13)6-9(10)15/h5-6H,3-4H2,1-2H3,(H,16,17). The predicted octanol–water partition coefficient (Wildman–Crippen LogP) is 3.79. The molecule has 98 valence electrons. The van der Waals surface area contributed by atoms with E-state index in [1.165, 1.54) is 11.8 Å². The molecule has 0 radical (unpaired) electrons. The largest absolute Gasteiger partial charge is 0.330 e. The lowest BCUT2D eigenvalue weighted by molar-refractivity contribution is 0.507. The number of hydrogen-bond donors (Lipinski definition) is 1. The number of rotatable bonds is 1. The maximum absolute atomic E-state index is 13.5. The second-order valence-electron chi connectivity index (χ2n) is 4.70. The number of thioether (sulfide) groups is 1. The molecule has 0 saturated carbocycles. The molecular weight excluding hydrogens is 261 g/mol. The molecule has 2 rings (SSSR count). The summed E-state index contributed by atoms with van der Waals surface area (Å²) in [6.45, 7) is 3.90. The van der Waals surface area contributed by atoms with Gasteiger partial charge in [-0.15, -0.1) is 0 Å². The summed E-state index contributed by atoms with van der Waals surface area (Å²) in [5.74, 6) is -2.03. The average Bonchev–Trinajstić information content (AvgIpc) is 2.22. The van der Waals surface area contributed by atoms with Crippen molar-refractivity contribution < 1.29 is 13.2 Å². The minimum absolute atomic E-state index is 0.249. The van der Waals surface area contributed by atoms with Crippen LogP contribution in [0.4, 0.5) is 18.9 Å². The minimum Gasteiger partial charge on any atom is -0.330 e. The van der Waals surface area contributed by atoms with Crippen LogP contribution in [0.15, 0.2) is 17.1 Å². The maximum Gasteiger partial charge on any atom is 0.161 e. The number of anilines is 1. The van der Waals surface area contributed by atoms with E-state index in [0.717, 1.165) is 12.2 Å². The Balaban J connectivity index is 2.27. The second-order valence-corrected chi connectivity index (χ2v) is 5.78. The van der Waals surface area contributed by atoms with Crippen LogP contribution in [0.25, 0.3) is 0 Å². The molecule has 2 nitrogen and oxygen atoms in total. The van der Waals surface area contributed by atoms with Gasteiger partial charge in [0.1, 0.15) is 11.5 Å². The Morgan fingerprint density at radius 1 is 1.22 bits per heavy atom. The molecular formula is C12H13F3N2S. The summed E-state index contributed by atoms with van der Waals surface area (Å²) in [4.78, 5) is 4.36. The van der Waals surface area contributed by atoms with Crippen molar-refractivity contribution in [3.05, 3.63) is 29.6 Å². The highest BCUT2D eigenvalue weighted by molar-refractivity contribution is 8.14. The molecule has 0 unspecified atom stereocenters. The molecule has 1 aromatic carbocycles. The summed E-state index contributed by atoms with van der Waals surface area (Å²) in [7, 11) is 0. The highest BCUT2D eigenvalue weighted by Crippen LogP contribution is 2.28. The lowest BCUT2D eigenvalue weighted by Crippen LogP contribution is -2.27. The number of amidine groups is 1. The number of aliphatic imine (C=N–C) groups is 1. The van der Waals surface area contributed by atoms with Gasteiger partial charge >= 0.3 is 0 Å². The summed E-state index contributed by atoms with van der Waals surface area (Å²) in [6, 6.07) is 1.29. The maximum atomic E-state index is 13.5. The van der Waals surface area contributed by atoms with Crippen LogP contribution in [-0.4, -0.2) is 16.5 Å². The van der Waals surface area contributed by atoms with Crippen LogP contribution in [0.3, 0.4) is 0 Å². The first-order valence-corrected chi connectivity index (χ1v) is 6.50. The molecule has 0 aliphatic carbocycles. The fourth-order valence-corrected chi connectivity index (χ4v) is 2.87. The van der Waals surface area contributed by atoms with E-state index >= 15 is 0 Å². The Kier molecular flexibility index (Phi) is 3.56. The molecule has 18 heavy (non-hydrogen) atoms. The van der Waals surface area contributed by atoms with E-state index in [4.69, 9.17) is 0 Å². The third-order valence-electron chi connectivity index (χ3n) is 2.60. The quantitative estimate of drug-likeness (QED) is 0.842. The van der Waals surface area contributed by atoms with Crippen LogP contribution in [-0.2, 0) is 0 Å². The molecule has 1 aliphatic heterocycles. The second kappa shape index (κ2) is 4.84. The van der Waals surface area contributed by atoms with Crippen molar-refractivity contribution in [2.45, 2.75) is 25.8 Å². The summed E-state index contributed by atoms with van der Waals surface area (Å²) in [5.41, 5.74) is -0.610. The SMILES string of the molecule is CC1(C)CCSC(Nc2c(F)cc(F)cc2F)=N1. The van der Waals surface area contributed by atoms with Gasteiger partial charge in [-0.3, -0.25) is 4.99 Å². The van der Waals surface area contributed by atoms with Crippen molar-refractivity contribution in [1.29, 1.82) is 0 Å². The zero-order valence-corrected chi connectivity index (χ0v) is 10.9. The highest BCUT2D eigenvalue weighted by Gasteiger charge is 2.23. The lowest BCUT2D eigenvalue weighted by atomic mass is 10.0. The highest BCUT2D eigenvalue weighted by atomic mass is 32.2. The fraction of sp³-hybridized carbons (Fsp3) is 0.417. The monoisotopic (exact) mass is 274 g/mol. The molecule has 6 heteroatoms. The lowest BCUT2D eigenvalue weighted by Gasteiger charge is -2.26. The van der Waals surface area contributed by atoms with E-state index in [1.807, 2.05) is 13.8 Å². The summed E-state index contributed by atoms with van der Waals surface area (Å²) in [6.07, 6.45) is 0.900. The van der Waals surface area contributed by atoms with Crippen LogP contribution in [0, 0.1) is 17.5 Å². The first-order valence-electron chi connectivity index (χ1n) is 5.52. The first kappa shape index (κ1) is 13.3. The first-order chi connectivity index (χ1) is 8.37. The van der Waals surface area contributed by atoms with Crippen molar-refractivity contribution in [3.63, 3.8) is 0 Å². The van der Waals surface area contributed by atoms with Gasteiger partial charge < -0.3 is 5.32 Å². The van der Waals surface area contributed by atoms with Crippen molar-refractivity contribution >= 4 is 22.6 Å². The van der Waals surface area contributed by atoms with E-state index in [-0.39, 0.29) is 11.2 Å². The molecule has 1 aliphatic rings. The number of nitrogens with zero attached hydrogens (tertiary/aromatic N) is 1. The number of hydrogen-bond acceptors (Lipinski definition) is 3. The van der Waals surface area contributed by atoms with Crippen molar-refractivity contribution in [2.75, 3.05) is 11.1 Å². The van der Waals surface area contributed by atoms with Crippen LogP contribution in [0.2, 0.25) is 0 Å². The Bertz CT molecular complexity index is 477. The van der Waals surface area contributed by atoms with Gasteiger partial charge in [-0.2, -0.15) is 0 Å². The third-order valence-corrected chi connectivity index (χ3v) is 3.47.